The molecule has 0 atom stereocenters. The van der Waals surface area contributed by atoms with E-state index in [9.17, 15) is 31.9 Å². The van der Waals surface area contributed by atoms with Crippen LogP contribution in [0.25, 0.3) is 11.1 Å². The van der Waals surface area contributed by atoms with Gasteiger partial charge in [-0.3, -0.25) is 0 Å². The van der Waals surface area contributed by atoms with Crippen LogP contribution in [0.15, 0.2) is 48.7 Å². The molecule has 0 amide bonds. The van der Waals surface area contributed by atoms with Crippen molar-refractivity contribution in [3.8, 4) is 5.88 Å². The second-order valence-corrected chi connectivity index (χ2v) is 8.36. The van der Waals surface area contributed by atoms with E-state index in [1.54, 1.807) is 6.07 Å². The van der Waals surface area contributed by atoms with E-state index in [0.717, 1.165) is 18.2 Å². The maximum Gasteiger partial charge on any atom is 1.00 e. The Morgan fingerprint density at radius 3 is 2.44 bits per heavy atom. The minimum Gasteiger partial charge on any atom is -0.545 e. The number of alkyl halides is 3. The third kappa shape index (κ3) is 6.26. The number of hydrogen-bond acceptors (Lipinski definition) is 4. The summed E-state index contributed by atoms with van der Waals surface area (Å²) >= 11 is 6.13. The van der Waals surface area contributed by atoms with Crippen molar-refractivity contribution in [2.45, 2.75) is 32.0 Å². The number of halogens is 6. The number of hydrogen-bond donors (Lipinski definition) is 0. The zero-order valence-corrected chi connectivity index (χ0v) is 21.6. The Balaban J connectivity index is 0.00000361. The fourth-order valence-corrected chi connectivity index (χ4v) is 4.14. The molecule has 0 spiro atoms. The summed E-state index contributed by atoms with van der Waals surface area (Å²) in [5.41, 5.74) is 0.630. The molecule has 1 aliphatic rings. The van der Waals surface area contributed by atoms with Crippen LogP contribution in [0.4, 0.5) is 22.0 Å². The van der Waals surface area contributed by atoms with Gasteiger partial charge in [0.1, 0.15) is 18.2 Å². The van der Waals surface area contributed by atoms with Crippen LogP contribution in [0.3, 0.4) is 0 Å². The Morgan fingerprint density at radius 2 is 1.78 bits per heavy atom. The van der Waals surface area contributed by atoms with E-state index < -0.39 is 36.0 Å². The van der Waals surface area contributed by atoms with Gasteiger partial charge in [0.25, 0.3) is 0 Å². The van der Waals surface area contributed by atoms with E-state index in [0.29, 0.717) is 47.6 Å². The standard InChI is InChI=1S/C25H17ClF5NO3.Na/c26-17-10-21(20-3-1-2-19(20)14-6-15(24(33)34)8-18(27)7-14)23(32-11-17)35-12-13-4-5-16(9-22(13)28)25(29,30)31;/h4-11H,1-3,12H2,(H,33,34);/q;+1/p-1. The Hall–Kier alpha value is -2.46. The van der Waals surface area contributed by atoms with Crippen molar-refractivity contribution in [3.63, 3.8) is 0 Å². The van der Waals surface area contributed by atoms with E-state index >= 15 is 0 Å². The molecule has 1 aliphatic carbocycles. The summed E-state index contributed by atoms with van der Waals surface area (Å²) in [4.78, 5) is 15.4. The monoisotopic (exact) mass is 531 g/mol. The number of carbonyl (C=O) groups excluding carboxylic acids is 1. The van der Waals surface area contributed by atoms with Crippen molar-refractivity contribution >= 4 is 28.7 Å². The van der Waals surface area contributed by atoms with Crippen LogP contribution in [-0.2, 0) is 12.8 Å². The van der Waals surface area contributed by atoms with E-state index in [-0.39, 0.29) is 51.6 Å². The number of nitrogens with zero attached hydrogens (tertiary/aromatic N) is 1. The molecule has 182 valence electrons. The summed E-state index contributed by atoms with van der Waals surface area (Å²) < 4.78 is 72.4. The van der Waals surface area contributed by atoms with Crippen LogP contribution in [0, 0.1) is 11.6 Å². The maximum atomic E-state index is 14.3. The van der Waals surface area contributed by atoms with Crippen LogP contribution in [-0.4, -0.2) is 11.0 Å². The van der Waals surface area contributed by atoms with Gasteiger partial charge in [-0.25, -0.2) is 13.8 Å². The van der Waals surface area contributed by atoms with Gasteiger partial charge in [0.15, 0.2) is 0 Å². The Morgan fingerprint density at radius 1 is 1.06 bits per heavy atom. The van der Waals surface area contributed by atoms with Gasteiger partial charge in [0.2, 0.25) is 5.88 Å². The van der Waals surface area contributed by atoms with Gasteiger partial charge in [-0.05, 0) is 72.4 Å². The van der Waals surface area contributed by atoms with Crippen molar-refractivity contribution in [2.75, 3.05) is 0 Å². The second kappa shape index (κ2) is 11.3. The van der Waals surface area contributed by atoms with E-state index in [4.69, 9.17) is 16.3 Å². The van der Waals surface area contributed by atoms with E-state index in [1.165, 1.54) is 18.3 Å². The molecule has 2 aromatic carbocycles. The summed E-state index contributed by atoms with van der Waals surface area (Å²) in [7, 11) is 0. The number of rotatable bonds is 6. The van der Waals surface area contributed by atoms with Crippen LogP contribution < -0.4 is 39.4 Å². The van der Waals surface area contributed by atoms with Crippen molar-refractivity contribution in [1.29, 1.82) is 0 Å². The molecule has 4 rings (SSSR count). The molecule has 0 saturated heterocycles. The van der Waals surface area contributed by atoms with Gasteiger partial charge >= 0.3 is 35.7 Å². The summed E-state index contributed by atoms with van der Waals surface area (Å²) in [5, 5.41) is 11.5. The normalized spacial score (nSPS) is 13.5. The number of carboxylic acid groups (broad SMARTS) is 1. The third-order valence-electron chi connectivity index (χ3n) is 5.59. The third-order valence-corrected chi connectivity index (χ3v) is 5.79. The second-order valence-electron chi connectivity index (χ2n) is 7.93. The molecule has 4 nitrogen and oxygen atoms in total. The van der Waals surface area contributed by atoms with Crippen LogP contribution in [0.1, 0.15) is 51.9 Å². The number of carboxylic acids is 1. The Kier molecular flexibility index (Phi) is 8.82. The predicted molar refractivity (Wildman–Crippen MR) is 116 cm³/mol. The van der Waals surface area contributed by atoms with Crippen molar-refractivity contribution in [2.24, 2.45) is 0 Å². The van der Waals surface area contributed by atoms with Gasteiger partial charge in [-0.15, -0.1) is 0 Å². The van der Waals surface area contributed by atoms with Crippen molar-refractivity contribution in [3.05, 3.63) is 93.1 Å². The molecule has 1 aromatic heterocycles. The molecule has 0 unspecified atom stereocenters. The number of benzene rings is 2. The summed E-state index contributed by atoms with van der Waals surface area (Å²) in [6, 6.07) is 7.09. The topological polar surface area (TPSA) is 62.2 Å². The fourth-order valence-electron chi connectivity index (χ4n) is 3.99. The number of allylic oxidation sites excluding steroid dienone is 2. The fraction of sp³-hybridized carbons (Fsp3) is 0.200. The first-order valence-electron chi connectivity index (χ1n) is 10.4. The zero-order chi connectivity index (χ0) is 25.3. The molecular weight excluding hydrogens is 516 g/mol. The number of ether oxygens (including phenoxy) is 1. The summed E-state index contributed by atoms with van der Waals surface area (Å²) in [6.45, 7) is -0.400. The van der Waals surface area contributed by atoms with Crippen LogP contribution >= 0.6 is 11.6 Å². The first-order chi connectivity index (χ1) is 16.5. The van der Waals surface area contributed by atoms with Gasteiger partial charge in [0.05, 0.1) is 16.6 Å². The molecule has 3 aromatic rings. The quantitative estimate of drug-likeness (QED) is 0.362. The molecule has 0 saturated carbocycles. The SMILES string of the molecule is O=C([O-])c1cc(F)cc(C2=C(c3cc(Cl)cnc3OCc3ccc(C(F)(F)F)cc3F)CCC2)c1.[Na+]. The molecular formula is C25H16ClF5NNaO3. The minimum absolute atomic E-state index is 0. The smallest absolute Gasteiger partial charge is 0.545 e. The molecule has 0 aliphatic heterocycles. The largest absolute Gasteiger partial charge is 1.00 e. The first-order valence-corrected chi connectivity index (χ1v) is 10.8. The van der Waals surface area contributed by atoms with Gasteiger partial charge in [-0.1, -0.05) is 17.7 Å². The Labute approximate surface area is 230 Å². The number of aromatic carboxylic acids is 1. The molecule has 0 radical (unpaired) electrons. The molecule has 0 fully saturated rings. The van der Waals surface area contributed by atoms with Gasteiger partial charge in [0, 0.05) is 22.9 Å². The van der Waals surface area contributed by atoms with Crippen LogP contribution in [0.2, 0.25) is 5.02 Å². The molecule has 1 heterocycles. The summed E-state index contributed by atoms with van der Waals surface area (Å²) in [6.07, 6.45) is -1.65. The Bertz CT molecular complexity index is 1340. The predicted octanol–water partition coefficient (Wildman–Crippen LogP) is 3.07. The zero-order valence-electron chi connectivity index (χ0n) is 18.9. The molecule has 0 N–H and O–H groups in total. The van der Waals surface area contributed by atoms with Gasteiger partial charge in [-0.2, -0.15) is 13.2 Å². The van der Waals surface area contributed by atoms with E-state index in [2.05, 4.69) is 4.98 Å². The van der Waals surface area contributed by atoms with E-state index in [1.807, 2.05) is 0 Å². The summed E-state index contributed by atoms with van der Waals surface area (Å²) in [5.74, 6) is -3.28. The van der Waals surface area contributed by atoms with Crippen molar-refractivity contribution < 1.29 is 66.1 Å². The molecule has 36 heavy (non-hydrogen) atoms. The van der Waals surface area contributed by atoms with Gasteiger partial charge < -0.3 is 14.6 Å². The molecule has 0 bridgehead atoms. The average Bonchev–Trinajstić information content (AvgIpc) is 3.27. The maximum absolute atomic E-state index is 14.3. The first kappa shape index (κ1) is 28.1. The number of pyridine rings is 1. The average molecular weight is 532 g/mol. The number of aromatic nitrogens is 1. The minimum atomic E-state index is -4.68. The molecule has 11 heteroatoms. The number of carbonyl (C=O) groups is 1. The van der Waals surface area contributed by atoms with Crippen LogP contribution in [0.5, 0.6) is 5.88 Å². The van der Waals surface area contributed by atoms with Crippen molar-refractivity contribution in [1.82, 2.24) is 4.98 Å².